The molecule has 1 saturated carbocycles. The molecule has 1 fully saturated rings. The summed E-state index contributed by atoms with van der Waals surface area (Å²) in [6.07, 6.45) is 7.95. The number of nitrogens with one attached hydrogen (secondary N) is 3. The summed E-state index contributed by atoms with van der Waals surface area (Å²) in [7, 11) is 0. The molecular weight excluding hydrogens is 352 g/mol. The summed E-state index contributed by atoms with van der Waals surface area (Å²) in [6, 6.07) is 11.2. The van der Waals surface area contributed by atoms with Crippen molar-refractivity contribution in [3.8, 4) is 0 Å². The quantitative estimate of drug-likeness (QED) is 0.647. The van der Waals surface area contributed by atoms with Gasteiger partial charge < -0.3 is 16.0 Å². The lowest BCUT2D eigenvalue weighted by Gasteiger charge is -2.14. The minimum absolute atomic E-state index is 0.0465. The first kappa shape index (κ1) is 19.9. The Morgan fingerprint density at radius 2 is 1.93 bits per heavy atom. The molecule has 28 heavy (non-hydrogen) atoms. The maximum atomic E-state index is 12.6. The second-order valence-electron chi connectivity index (χ2n) is 7.32. The van der Waals surface area contributed by atoms with E-state index < -0.39 is 0 Å². The molecule has 0 atom stereocenters. The van der Waals surface area contributed by atoms with E-state index in [1.807, 2.05) is 36.4 Å². The van der Waals surface area contributed by atoms with Gasteiger partial charge in [-0.15, -0.1) is 0 Å². The highest BCUT2D eigenvalue weighted by atomic mass is 16.2. The van der Waals surface area contributed by atoms with Gasteiger partial charge in [0.2, 0.25) is 5.91 Å². The zero-order chi connectivity index (χ0) is 19.8. The fraction of sp³-hybridized carbons (Fsp3) is 0.409. The highest BCUT2D eigenvalue weighted by Gasteiger charge is 2.16. The highest BCUT2D eigenvalue weighted by molar-refractivity contribution is 5.99. The van der Waals surface area contributed by atoms with Crippen molar-refractivity contribution >= 4 is 23.3 Å². The standard InChI is InChI=1S/C22H28N4O2/c1-16(27)26-21-14-18(11-12-23-21)15-25-20-9-5-4-8-19(20)22(28)24-13-10-17-6-2-3-7-17/h4-5,8-9,11-12,14,17,25H,2-3,6-7,10,13,15H2,1H3,(H,24,28)(H,23,26,27). The van der Waals surface area contributed by atoms with Crippen molar-refractivity contribution in [3.05, 3.63) is 53.7 Å². The maximum absolute atomic E-state index is 12.6. The first-order valence-electron chi connectivity index (χ1n) is 9.95. The van der Waals surface area contributed by atoms with E-state index in [0.717, 1.165) is 30.1 Å². The van der Waals surface area contributed by atoms with Crippen LogP contribution in [0.2, 0.25) is 0 Å². The molecule has 0 aliphatic heterocycles. The second kappa shape index (κ2) is 9.88. The minimum Gasteiger partial charge on any atom is -0.380 e. The van der Waals surface area contributed by atoms with Crippen LogP contribution in [-0.2, 0) is 11.3 Å². The van der Waals surface area contributed by atoms with E-state index in [-0.39, 0.29) is 11.8 Å². The normalized spacial score (nSPS) is 13.9. The molecule has 6 heteroatoms. The van der Waals surface area contributed by atoms with E-state index in [0.29, 0.717) is 17.9 Å². The Balaban J connectivity index is 1.57. The van der Waals surface area contributed by atoms with Gasteiger partial charge in [0.15, 0.2) is 0 Å². The van der Waals surface area contributed by atoms with Crippen molar-refractivity contribution in [3.63, 3.8) is 0 Å². The summed E-state index contributed by atoms with van der Waals surface area (Å²) in [5.41, 5.74) is 2.40. The number of aromatic nitrogens is 1. The lowest BCUT2D eigenvalue weighted by Crippen LogP contribution is -2.26. The zero-order valence-corrected chi connectivity index (χ0v) is 16.3. The van der Waals surface area contributed by atoms with Crippen LogP contribution in [0, 0.1) is 5.92 Å². The smallest absolute Gasteiger partial charge is 0.253 e. The minimum atomic E-state index is -0.155. The number of carbonyl (C=O) groups excluding carboxylic acids is 2. The molecule has 3 rings (SSSR count). The number of amides is 2. The molecule has 0 unspecified atom stereocenters. The van der Waals surface area contributed by atoms with E-state index in [9.17, 15) is 9.59 Å². The topological polar surface area (TPSA) is 83.1 Å². The van der Waals surface area contributed by atoms with E-state index in [4.69, 9.17) is 0 Å². The van der Waals surface area contributed by atoms with Crippen LogP contribution in [0.25, 0.3) is 0 Å². The predicted molar refractivity (Wildman–Crippen MR) is 111 cm³/mol. The average molecular weight is 380 g/mol. The van der Waals surface area contributed by atoms with Crippen LogP contribution in [0.5, 0.6) is 0 Å². The van der Waals surface area contributed by atoms with Gasteiger partial charge in [0.1, 0.15) is 5.82 Å². The molecule has 1 heterocycles. The van der Waals surface area contributed by atoms with E-state index in [1.165, 1.54) is 32.6 Å². The van der Waals surface area contributed by atoms with E-state index in [2.05, 4.69) is 20.9 Å². The summed E-state index contributed by atoms with van der Waals surface area (Å²) in [5.74, 6) is 1.08. The van der Waals surface area contributed by atoms with Crippen molar-refractivity contribution in [2.45, 2.75) is 45.6 Å². The number of para-hydroxylation sites is 1. The lowest BCUT2D eigenvalue weighted by molar-refractivity contribution is -0.114. The Morgan fingerprint density at radius 3 is 2.71 bits per heavy atom. The van der Waals surface area contributed by atoms with Gasteiger partial charge >= 0.3 is 0 Å². The van der Waals surface area contributed by atoms with Crippen LogP contribution in [0.1, 0.15) is 54.9 Å². The molecule has 6 nitrogen and oxygen atoms in total. The lowest BCUT2D eigenvalue weighted by atomic mass is 10.0. The summed E-state index contributed by atoms with van der Waals surface area (Å²) in [4.78, 5) is 27.9. The molecule has 1 aliphatic carbocycles. The van der Waals surface area contributed by atoms with Gasteiger partial charge in [-0.3, -0.25) is 9.59 Å². The molecule has 0 spiro atoms. The Labute approximate surface area is 166 Å². The average Bonchev–Trinajstić information content (AvgIpc) is 3.20. The van der Waals surface area contributed by atoms with Gasteiger partial charge in [-0.05, 0) is 42.2 Å². The van der Waals surface area contributed by atoms with Gasteiger partial charge in [-0.2, -0.15) is 0 Å². The van der Waals surface area contributed by atoms with Gasteiger partial charge in [0.05, 0.1) is 5.56 Å². The number of anilines is 2. The molecule has 1 aromatic carbocycles. The number of hydrogen-bond acceptors (Lipinski definition) is 4. The molecule has 148 valence electrons. The number of carbonyl (C=O) groups is 2. The molecule has 0 bridgehead atoms. The first-order chi connectivity index (χ1) is 13.6. The van der Waals surface area contributed by atoms with Crippen molar-refractivity contribution in [2.24, 2.45) is 5.92 Å². The van der Waals surface area contributed by atoms with E-state index >= 15 is 0 Å². The number of hydrogen-bond donors (Lipinski definition) is 3. The third-order valence-corrected chi connectivity index (χ3v) is 5.10. The molecule has 0 radical (unpaired) electrons. The van der Waals surface area contributed by atoms with Crippen molar-refractivity contribution in [1.29, 1.82) is 0 Å². The third-order valence-electron chi connectivity index (χ3n) is 5.10. The summed E-state index contributed by atoms with van der Waals surface area (Å²) >= 11 is 0. The number of pyridine rings is 1. The van der Waals surface area contributed by atoms with Crippen LogP contribution in [0.4, 0.5) is 11.5 Å². The molecule has 1 aromatic heterocycles. The van der Waals surface area contributed by atoms with Gasteiger partial charge in [-0.1, -0.05) is 37.8 Å². The summed E-state index contributed by atoms with van der Waals surface area (Å²) in [6.45, 7) is 2.71. The van der Waals surface area contributed by atoms with Gasteiger partial charge in [0, 0.05) is 31.9 Å². The van der Waals surface area contributed by atoms with Crippen LogP contribution in [-0.4, -0.2) is 23.3 Å². The van der Waals surface area contributed by atoms with Crippen molar-refractivity contribution < 1.29 is 9.59 Å². The third kappa shape index (κ3) is 5.81. The Hall–Kier alpha value is -2.89. The van der Waals surface area contributed by atoms with Crippen LogP contribution in [0.15, 0.2) is 42.6 Å². The highest BCUT2D eigenvalue weighted by Crippen LogP contribution is 2.27. The summed E-state index contributed by atoms with van der Waals surface area (Å²) < 4.78 is 0. The molecule has 1 aliphatic rings. The fourth-order valence-electron chi connectivity index (χ4n) is 3.65. The van der Waals surface area contributed by atoms with Crippen LogP contribution in [0.3, 0.4) is 0 Å². The van der Waals surface area contributed by atoms with Crippen LogP contribution >= 0.6 is 0 Å². The number of nitrogens with zero attached hydrogens (tertiary/aromatic N) is 1. The maximum Gasteiger partial charge on any atom is 0.253 e. The summed E-state index contributed by atoms with van der Waals surface area (Å²) in [5, 5.41) is 9.06. The number of benzene rings is 1. The second-order valence-corrected chi connectivity index (χ2v) is 7.32. The van der Waals surface area contributed by atoms with Crippen molar-refractivity contribution in [2.75, 3.05) is 17.2 Å². The monoisotopic (exact) mass is 380 g/mol. The van der Waals surface area contributed by atoms with Gasteiger partial charge in [-0.25, -0.2) is 4.98 Å². The Morgan fingerprint density at radius 1 is 1.14 bits per heavy atom. The molecule has 2 aromatic rings. The Bertz CT molecular complexity index is 816. The SMILES string of the molecule is CC(=O)Nc1cc(CNc2ccccc2C(=O)NCCC2CCCC2)ccn1. The number of rotatable bonds is 8. The van der Waals surface area contributed by atoms with Crippen LogP contribution < -0.4 is 16.0 Å². The molecular formula is C22H28N4O2. The van der Waals surface area contributed by atoms with E-state index in [1.54, 1.807) is 6.20 Å². The predicted octanol–water partition coefficient (Wildman–Crippen LogP) is 3.96. The van der Waals surface area contributed by atoms with Gasteiger partial charge in [0.25, 0.3) is 5.91 Å². The fourth-order valence-corrected chi connectivity index (χ4v) is 3.65. The molecule has 0 saturated heterocycles. The van der Waals surface area contributed by atoms with Crippen molar-refractivity contribution in [1.82, 2.24) is 10.3 Å². The molecule has 3 N–H and O–H groups in total. The largest absolute Gasteiger partial charge is 0.380 e. The zero-order valence-electron chi connectivity index (χ0n) is 16.3. The Kier molecular flexibility index (Phi) is 7.00. The molecule has 2 amide bonds. The first-order valence-corrected chi connectivity index (χ1v) is 9.95.